The third-order valence-corrected chi connectivity index (χ3v) is 5.86. The van der Waals surface area contributed by atoms with Gasteiger partial charge in [0.25, 0.3) is 0 Å². The monoisotopic (exact) mass is 362 g/mol. The van der Waals surface area contributed by atoms with Crippen LogP contribution in [0.1, 0.15) is 68.1 Å². The van der Waals surface area contributed by atoms with Crippen molar-refractivity contribution in [3.05, 3.63) is 41.0 Å². The molecule has 0 spiro atoms. The van der Waals surface area contributed by atoms with E-state index >= 15 is 0 Å². The Kier molecular flexibility index (Phi) is 4.75. The number of imidazole rings is 1. The van der Waals surface area contributed by atoms with Crippen molar-refractivity contribution in [2.24, 2.45) is 5.92 Å². The lowest BCUT2D eigenvalue weighted by Gasteiger charge is -2.20. The summed E-state index contributed by atoms with van der Waals surface area (Å²) >= 11 is 0. The van der Waals surface area contributed by atoms with E-state index in [4.69, 9.17) is 15.0 Å². The summed E-state index contributed by atoms with van der Waals surface area (Å²) in [6.45, 7) is 11.0. The number of benzene rings is 1. The summed E-state index contributed by atoms with van der Waals surface area (Å²) < 4.78 is 2.44. The molecule has 1 saturated carbocycles. The van der Waals surface area contributed by atoms with E-state index in [1.54, 1.807) is 6.33 Å². The highest BCUT2D eigenvalue weighted by molar-refractivity contribution is 5.89. The first-order chi connectivity index (χ1) is 13.0. The Hall–Kier alpha value is -2.23. The van der Waals surface area contributed by atoms with Crippen molar-refractivity contribution in [3.8, 4) is 11.3 Å². The molecule has 2 heterocycles. The van der Waals surface area contributed by atoms with E-state index in [0.29, 0.717) is 6.04 Å². The Labute approximate surface area is 162 Å². The number of aromatic nitrogens is 4. The lowest BCUT2D eigenvalue weighted by atomic mass is 9.97. The molecular weight excluding hydrogens is 332 g/mol. The lowest BCUT2D eigenvalue weighted by molar-refractivity contribution is 0.407. The van der Waals surface area contributed by atoms with Crippen LogP contribution in [0.4, 0.5) is 0 Å². The predicted molar refractivity (Wildman–Crippen MR) is 111 cm³/mol. The molecule has 1 aliphatic rings. The molecule has 4 heteroatoms. The van der Waals surface area contributed by atoms with E-state index in [2.05, 4.69) is 51.3 Å². The van der Waals surface area contributed by atoms with Crippen LogP contribution >= 0.6 is 0 Å². The summed E-state index contributed by atoms with van der Waals surface area (Å²) in [6, 6.07) is 4.99. The molecule has 0 N–H and O–H groups in total. The fraction of sp³-hybridized carbons (Fsp3) is 0.522. The van der Waals surface area contributed by atoms with Crippen LogP contribution in [0.2, 0.25) is 0 Å². The second-order valence-corrected chi connectivity index (χ2v) is 8.11. The quantitative estimate of drug-likeness (QED) is 0.562. The molecule has 0 saturated heterocycles. The summed E-state index contributed by atoms with van der Waals surface area (Å²) in [7, 11) is 0. The lowest BCUT2D eigenvalue weighted by Crippen LogP contribution is -2.14. The fourth-order valence-electron chi connectivity index (χ4n) is 4.64. The minimum Gasteiger partial charge on any atom is -0.309 e. The molecule has 4 nitrogen and oxygen atoms in total. The van der Waals surface area contributed by atoms with Crippen LogP contribution < -0.4 is 0 Å². The molecule has 1 atom stereocenters. The summed E-state index contributed by atoms with van der Waals surface area (Å²) in [4.78, 5) is 14.5. The van der Waals surface area contributed by atoms with Gasteiger partial charge in [-0.05, 0) is 57.1 Å². The smallest absolute Gasteiger partial charge is 0.164 e. The number of nitrogens with zero attached hydrogens (tertiary/aromatic N) is 4. The predicted octanol–water partition coefficient (Wildman–Crippen LogP) is 5.73. The molecule has 2 aromatic heterocycles. The van der Waals surface area contributed by atoms with Crippen LogP contribution in [0.25, 0.3) is 22.4 Å². The zero-order valence-corrected chi connectivity index (χ0v) is 17.2. The second kappa shape index (κ2) is 7.06. The zero-order valence-electron chi connectivity index (χ0n) is 17.2. The normalized spacial score (nSPS) is 15.4. The van der Waals surface area contributed by atoms with Crippen LogP contribution in [-0.4, -0.2) is 19.5 Å². The minimum absolute atomic E-state index is 0.526. The Morgan fingerprint density at radius 2 is 1.78 bits per heavy atom. The zero-order chi connectivity index (χ0) is 19.1. The fourth-order valence-corrected chi connectivity index (χ4v) is 4.64. The van der Waals surface area contributed by atoms with E-state index in [1.165, 1.54) is 47.9 Å². The van der Waals surface area contributed by atoms with E-state index in [9.17, 15) is 0 Å². The average molecular weight is 363 g/mol. The molecule has 0 bridgehead atoms. The number of aryl methyl sites for hydroxylation is 4. The van der Waals surface area contributed by atoms with Gasteiger partial charge in [0.15, 0.2) is 5.65 Å². The molecule has 1 aliphatic carbocycles. The van der Waals surface area contributed by atoms with Crippen molar-refractivity contribution in [2.45, 2.75) is 72.8 Å². The van der Waals surface area contributed by atoms with Crippen molar-refractivity contribution in [1.29, 1.82) is 0 Å². The highest BCUT2D eigenvalue weighted by Gasteiger charge is 2.34. The molecule has 1 aromatic carbocycles. The van der Waals surface area contributed by atoms with Gasteiger partial charge in [-0.25, -0.2) is 15.0 Å². The van der Waals surface area contributed by atoms with E-state index in [0.717, 1.165) is 35.0 Å². The van der Waals surface area contributed by atoms with Gasteiger partial charge in [0, 0.05) is 18.0 Å². The van der Waals surface area contributed by atoms with Crippen molar-refractivity contribution >= 4 is 11.2 Å². The van der Waals surface area contributed by atoms with Crippen LogP contribution in [-0.2, 0) is 6.42 Å². The van der Waals surface area contributed by atoms with Gasteiger partial charge in [0.2, 0.25) is 0 Å². The van der Waals surface area contributed by atoms with Gasteiger partial charge in [0.1, 0.15) is 23.4 Å². The molecular formula is C23H30N4. The Morgan fingerprint density at radius 3 is 2.37 bits per heavy atom. The van der Waals surface area contributed by atoms with Gasteiger partial charge in [-0.15, -0.1) is 0 Å². The summed E-state index contributed by atoms with van der Waals surface area (Å²) in [5.74, 6) is 1.94. The molecule has 0 aliphatic heterocycles. The molecule has 4 rings (SSSR count). The SMILES string of the molecule is CCCC(C1CC1)n1c(CC)nc2c(-c3c(C)cc(C)cc3C)ncnc21. The maximum absolute atomic E-state index is 5.06. The number of hydrogen-bond donors (Lipinski definition) is 0. The Bertz CT molecular complexity index is 958. The molecule has 1 unspecified atom stereocenters. The van der Waals surface area contributed by atoms with Crippen LogP contribution in [0.5, 0.6) is 0 Å². The molecule has 142 valence electrons. The first-order valence-electron chi connectivity index (χ1n) is 10.3. The Balaban J connectivity index is 1.96. The maximum Gasteiger partial charge on any atom is 0.164 e. The Morgan fingerprint density at radius 1 is 1.07 bits per heavy atom. The number of fused-ring (bicyclic) bond motifs is 1. The maximum atomic E-state index is 5.06. The minimum atomic E-state index is 0.526. The van der Waals surface area contributed by atoms with Gasteiger partial charge < -0.3 is 4.57 Å². The largest absolute Gasteiger partial charge is 0.309 e. The molecule has 3 aromatic rings. The van der Waals surface area contributed by atoms with Gasteiger partial charge in [-0.2, -0.15) is 0 Å². The van der Waals surface area contributed by atoms with E-state index in [1.807, 2.05) is 0 Å². The highest BCUT2D eigenvalue weighted by Crippen LogP contribution is 2.44. The van der Waals surface area contributed by atoms with Crippen LogP contribution in [0.3, 0.4) is 0 Å². The number of hydrogen-bond acceptors (Lipinski definition) is 3. The van der Waals surface area contributed by atoms with Crippen molar-refractivity contribution in [1.82, 2.24) is 19.5 Å². The number of rotatable bonds is 6. The van der Waals surface area contributed by atoms with Gasteiger partial charge >= 0.3 is 0 Å². The third-order valence-electron chi connectivity index (χ3n) is 5.86. The topological polar surface area (TPSA) is 43.6 Å². The standard InChI is InChI=1S/C23H30N4/c1-6-8-18(17-9-10-17)27-19(7-2)26-22-21(24-13-25-23(22)27)20-15(4)11-14(3)12-16(20)5/h11-13,17-18H,6-10H2,1-5H3. The molecule has 1 fully saturated rings. The van der Waals surface area contributed by atoms with Gasteiger partial charge in [0.05, 0.1) is 0 Å². The highest BCUT2D eigenvalue weighted by atomic mass is 15.2. The van der Waals surface area contributed by atoms with E-state index < -0.39 is 0 Å². The first kappa shape index (κ1) is 18.1. The van der Waals surface area contributed by atoms with Crippen LogP contribution in [0, 0.1) is 26.7 Å². The van der Waals surface area contributed by atoms with Crippen LogP contribution in [0.15, 0.2) is 18.5 Å². The van der Waals surface area contributed by atoms with Crippen molar-refractivity contribution in [3.63, 3.8) is 0 Å². The summed E-state index contributed by atoms with van der Waals surface area (Å²) in [6.07, 6.45) is 7.71. The first-order valence-corrected chi connectivity index (χ1v) is 10.3. The average Bonchev–Trinajstić information content (AvgIpc) is 3.39. The van der Waals surface area contributed by atoms with Gasteiger partial charge in [-0.3, -0.25) is 0 Å². The summed E-state index contributed by atoms with van der Waals surface area (Å²) in [5, 5.41) is 0. The molecule has 0 radical (unpaired) electrons. The molecule has 27 heavy (non-hydrogen) atoms. The third kappa shape index (κ3) is 3.15. The van der Waals surface area contributed by atoms with E-state index in [-0.39, 0.29) is 0 Å². The van der Waals surface area contributed by atoms with Gasteiger partial charge in [-0.1, -0.05) is 38.0 Å². The summed E-state index contributed by atoms with van der Waals surface area (Å²) in [5.41, 5.74) is 7.97. The van der Waals surface area contributed by atoms with Crippen molar-refractivity contribution in [2.75, 3.05) is 0 Å². The van der Waals surface area contributed by atoms with Crippen molar-refractivity contribution < 1.29 is 0 Å². The molecule has 0 amide bonds. The second-order valence-electron chi connectivity index (χ2n) is 8.11.